The fourth-order valence-electron chi connectivity index (χ4n) is 4.56. The maximum atomic E-state index is 12.5. The molecule has 7 unspecified atom stereocenters. The average Bonchev–Trinajstić information content (AvgIpc) is 3.58. The first-order valence-corrected chi connectivity index (χ1v) is 20.1. The van der Waals surface area contributed by atoms with Gasteiger partial charge in [0.15, 0.2) is 17.2 Å². The Balaban J connectivity index is 1.58. The van der Waals surface area contributed by atoms with Crippen molar-refractivity contribution in [1.82, 2.24) is 30.2 Å². The van der Waals surface area contributed by atoms with Crippen LogP contribution in [0.15, 0.2) is 25.5 Å². The minimum Gasteiger partial charge on any atom is -0.790 e. The van der Waals surface area contributed by atoms with E-state index in [9.17, 15) is 53.1 Å². The molecule has 3 rings (SSSR count). The van der Waals surface area contributed by atoms with E-state index in [2.05, 4.69) is 50.0 Å². The van der Waals surface area contributed by atoms with Gasteiger partial charge in [-0.25, -0.2) is 19.3 Å². The van der Waals surface area contributed by atoms with E-state index in [0.29, 0.717) is 5.75 Å². The number of hydrogen-bond donors (Lipinski definition) is 5. The summed E-state index contributed by atoms with van der Waals surface area (Å²) in [4.78, 5) is 84.0. The summed E-state index contributed by atoms with van der Waals surface area (Å²) in [5, 5.41) is 26.3. The summed E-state index contributed by atoms with van der Waals surface area (Å²) in [6, 6.07) is 0. The number of hydrogen-bond acceptors (Lipinski definition) is 22. The van der Waals surface area contributed by atoms with Crippen molar-refractivity contribution in [3.8, 4) is 0 Å². The first-order chi connectivity index (χ1) is 24.0. The van der Waals surface area contributed by atoms with Crippen LogP contribution in [-0.4, -0.2) is 98.0 Å². The number of carbonyl (C=O) groups excluding carboxylic acids is 2. The number of nitrogens with zero attached hydrogens (tertiary/aromatic N) is 4. The van der Waals surface area contributed by atoms with Gasteiger partial charge in [0.2, 0.25) is 11.8 Å². The number of aliphatic hydroxyl groups excluding tert-OH is 2. The highest BCUT2D eigenvalue weighted by Crippen LogP contribution is 2.56. The molecule has 294 valence electrons. The zero-order valence-electron chi connectivity index (χ0n) is 27.6. The van der Waals surface area contributed by atoms with Gasteiger partial charge in [0.05, 0.1) is 45.7 Å². The summed E-state index contributed by atoms with van der Waals surface area (Å²) in [7, 11) is -17.6. The highest BCUT2D eigenvalue weighted by atomic mass is 32.2. The standard InChI is InChI=1S/C24H40N7O17P3S/c1-5-45-52-9-8-26-15(32)6-7-27-22(35)19(34)23(2,3)11-44-51(41,42)48-50(39,40)43-10-14-17(47-49(36,37)38)18(33)24(4,46-14)31-13-30-16-20(25)28-12-29-21(16)31/h5,12-14,17-19,33-34H,1,6-11H2,2-4H3,(H,26,32)(H,27,35)(H,39,40)(H,41,42)(H2,25,28,29)(H2,36,37,38)/p-4. The third kappa shape index (κ3) is 12.0. The van der Waals surface area contributed by atoms with E-state index < -0.39 is 84.1 Å². The van der Waals surface area contributed by atoms with Crippen LogP contribution in [0.1, 0.15) is 27.2 Å². The number of ether oxygens (including phenoxy) is 1. The predicted octanol–water partition coefficient (Wildman–Crippen LogP) is -3.14. The maximum absolute atomic E-state index is 12.5. The average molecular weight is 820 g/mol. The summed E-state index contributed by atoms with van der Waals surface area (Å²) in [6.45, 7) is 4.76. The minimum absolute atomic E-state index is 0.0291. The second kappa shape index (κ2) is 17.7. The summed E-state index contributed by atoms with van der Waals surface area (Å²) in [6.07, 6.45) is -4.77. The molecule has 1 aliphatic rings. The lowest BCUT2D eigenvalue weighted by Gasteiger charge is -2.36. The Kier molecular flexibility index (Phi) is 14.9. The van der Waals surface area contributed by atoms with E-state index in [1.54, 1.807) is 0 Å². The number of imidazole rings is 1. The van der Waals surface area contributed by atoms with Crippen molar-refractivity contribution < 1.29 is 79.9 Å². The molecule has 0 spiro atoms. The molecule has 52 heavy (non-hydrogen) atoms. The molecule has 0 radical (unpaired) electrons. The fraction of sp³-hybridized carbons (Fsp3) is 0.625. The Morgan fingerprint density at radius 3 is 2.50 bits per heavy atom. The number of amides is 2. The largest absolute Gasteiger partial charge is 0.790 e. The molecule has 0 aliphatic carbocycles. The lowest BCUT2D eigenvalue weighted by molar-refractivity contribution is -0.347. The zero-order valence-corrected chi connectivity index (χ0v) is 31.1. The molecular formula is C24H36N7O17P3S-4. The van der Waals surface area contributed by atoms with Crippen molar-refractivity contribution in [2.45, 2.75) is 57.3 Å². The molecule has 6 N–H and O–H groups in total. The lowest BCUT2D eigenvalue weighted by Crippen LogP contribution is -2.46. The van der Waals surface area contributed by atoms with E-state index >= 15 is 0 Å². The van der Waals surface area contributed by atoms with Crippen molar-refractivity contribution in [1.29, 1.82) is 0 Å². The van der Waals surface area contributed by atoms with E-state index in [1.165, 1.54) is 27.0 Å². The first kappa shape index (κ1) is 43.8. The van der Waals surface area contributed by atoms with Crippen molar-refractivity contribution in [3.63, 3.8) is 0 Å². The van der Waals surface area contributed by atoms with Gasteiger partial charge >= 0.3 is 0 Å². The molecule has 3 heterocycles. The Bertz CT molecular complexity index is 1730. The molecular weight excluding hydrogens is 783 g/mol. The number of nitrogens with one attached hydrogen (secondary N) is 2. The molecule has 0 aromatic carbocycles. The van der Waals surface area contributed by atoms with E-state index in [-0.39, 0.29) is 36.5 Å². The molecule has 24 nitrogen and oxygen atoms in total. The SMILES string of the molecule is C=COSCCNC(=O)CCNC(=O)C(O)C(C)(C)COP(=O)([O-])OP(=O)([O-])OCC1OC(C)(n2cnc3c(N)ncnc32)C(O)C1OP(=O)([O-])[O-]. The van der Waals surface area contributed by atoms with Gasteiger partial charge in [-0.15, -0.1) is 0 Å². The number of nitrogen functional groups attached to an aromatic ring is 1. The second-order valence-corrected chi connectivity index (χ2v) is 16.5. The summed E-state index contributed by atoms with van der Waals surface area (Å²) >= 11 is 1.06. The molecule has 0 saturated carbocycles. The lowest BCUT2D eigenvalue weighted by atomic mass is 9.87. The smallest absolute Gasteiger partial charge is 0.274 e. The number of phosphoric acid groups is 3. The summed E-state index contributed by atoms with van der Waals surface area (Å²) in [5.41, 5.74) is 2.05. The maximum Gasteiger partial charge on any atom is 0.274 e. The van der Waals surface area contributed by atoms with E-state index in [4.69, 9.17) is 14.7 Å². The summed E-state index contributed by atoms with van der Waals surface area (Å²) in [5.74, 6) is -1.07. The van der Waals surface area contributed by atoms with Gasteiger partial charge in [0.25, 0.3) is 15.6 Å². The number of aliphatic hydroxyl groups is 2. The van der Waals surface area contributed by atoms with Crippen molar-refractivity contribution in [3.05, 3.63) is 25.5 Å². The monoisotopic (exact) mass is 819 g/mol. The van der Waals surface area contributed by atoms with Crippen LogP contribution in [0.25, 0.3) is 11.2 Å². The van der Waals surface area contributed by atoms with Gasteiger partial charge in [0, 0.05) is 30.7 Å². The van der Waals surface area contributed by atoms with Crippen molar-refractivity contribution in [2.75, 3.05) is 37.8 Å². The second-order valence-electron chi connectivity index (χ2n) is 11.6. The van der Waals surface area contributed by atoms with Crippen molar-refractivity contribution >= 4 is 64.3 Å². The van der Waals surface area contributed by atoms with Gasteiger partial charge < -0.3 is 73.2 Å². The zero-order chi connectivity index (χ0) is 39.1. The Labute approximate surface area is 300 Å². The van der Waals surface area contributed by atoms with Crippen LogP contribution in [0.5, 0.6) is 0 Å². The van der Waals surface area contributed by atoms with Crippen LogP contribution >= 0.6 is 35.5 Å². The van der Waals surface area contributed by atoms with Gasteiger partial charge in [-0.2, -0.15) is 0 Å². The Morgan fingerprint density at radius 1 is 1.17 bits per heavy atom. The van der Waals surface area contributed by atoms with Gasteiger partial charge in [0.1, 0.15) is 36.3 Å². The normalized spacial score (nSPS) is 23.8. The molecule has 2 amide bonds. The van der Waals surface area contributed by atoms with Crippen molar-refractivity contribution in [2.24, 2.45) is 5.41 Å². The van der Waals surface area contributed by atoms with Gasteiger partial charge in [-0.05, 0) is 6.92 Å². The highest BCUT2D eigenvalue weighted by Gasteiger charge is 2.55. The van der Waals surface area contributed by atoms with Gasteiger partial charge in [-0.3, -0.25) is 23.3 Å². The number of fused-ring (bicyclic) bond motifs is 1. The molecule has 1 saturated heterocycles. The van der Waals surface area contributed by atoms with Crippen LogP contribution in [-0.2, 0) is 55.8 Å². The number of rotatable bonds is 21. The van der Waals surface area contributed by atoms with Crippen LogP contribution in [0.3, 0.4) is 0 Å². The fourth-order valence-corrected chi connectivity index (χ4v) is 7.66. The topological polar surface area (TPSA) is 367 Å². The number of aromatic nitrogens is 4. The highest BCUT2D eigenvalue weighted by molar-refractivity contribution is 7.94. The first-order valence-electron chi connectivity index (χ1n) is 14.8. The molecule has 7 atom stereocenters. The van der Waals surface area contributed by atoms with Crippen LogP contribution in [0, 0.1) is 5.41 Å². The van der Waals surface area contributed by atoms with E-state index in [0.717, 1.165) is 29.3 Å². The number of phosphoric ester groups is 3. The third-order valence-corrected chi connectivity index (χ3v) is 10.8. The number of carbonyl (C=O) groups is 2. The van der Waals surface area contributed by atoms with Gasteiger partial charge in [-0.1, -0.05) is 20.4 Å². The molecule has 2 aromatic rings. The molecule has 1 aliphatic heterocycles. The van der Waals surface area contributed by atoms with Crippen LogP contribution in [0.2, 0.25) is 0 Å². The molecule has 1 fully saturated rings. The molecule has 28 heteroatoms. The predicted molar refractivity (Wildman–Crippen MR) is 169 cm³/mol. The number of nitrogens with two attached hydrogens (primary N) is 1. The van der Waals surface area contributed by atoms with Crippen LogP contribution < -0.4 is 35.9 Å². The Morgan fingerprint density at radius 2 is 1.85 bits per heavy atom. The number of anilines is 1. The summed E-state index contributed by atoms with van der Waals surface area (Å²) < 4.78 is 65.7. The molecule has 2 aromatic heterocycles. The minimum atomic E-state index is -5.92. The Hall–Kier alpha value is -2.57. The third-order valence-electron chi connectivity index (χ3n) is 7.18. The molecule has 0 bridgehead atoms. The quantitative estimate of drug-likeness (QED) is 0.0359. The van der Waals surface area contributed by atoms with Crippen LogP contribution in [0.4, 0.5) is 5.82 Å². The van der Waals surface area contributed by atoms with E-state index in [1.807, 2.05) is 0 Å².